The van der Waals surface area contributed by atoms with Crippen LogP contribution in [-0.4, -0.2) is 16.1 Å². The number of fused-ring (bicyclic) bond motifs is 1. The van der Waals surface area contributed by atoms with Gasteiger partial charge in [0.15, 0.2) is 0 Å². The van der Waals surface area contributed by atoms with Crippen LogP contribution in [0.15, 0.2) is 34.8 Å². The molecular weight excluding hydrogens is 397 g/mol. The van der Waals surface area contributed by atoms with Gasteiger partial charge in [0, 0.05) is 15.4 Å². The van der Waals surface area contributed by atoms with E-state index in [-0.39, 0.29) is 5.56 Å². The van der Waals surface area contributed by atoms with Crippen LogP contribution < -0.4 is 0 Å². The number of benzene rings is 1. The molecule has 0 fully saturated rings. The van der Waals surface area contributed by atoms with Crippen LogP contribution >= 0.6 is 50.5 Å². The Labute approximate surface area is 142 Å². The molecule has 0 amide bonds. The number of carbonyl (C=O) groups is 1. The van der Waals surface area contributed by atoms with E-state index in [9.17, 15) is 9.90 Å². The minimum Gasteiger partial charge on any atom is -0.478 e. The van der Waals surface area contributed by atoms with Crippen molar-refractivity contribution in [3.8, 4) is 11.3 Å². The van der Waals surface area contributed by atoms with Crippen molar-refractivity contribution in [3.05, 3.63) is 49.0 Å². The minimum absolute atomic E-state index is 0.176. The summed E-state index contributed by atoms with van der Waals surface area (Å²) in [6.45, 7) is 0. The Kier molecular flexibility index (Phi) is 3.92. The Morgan fingerprint density at radius 2 is 2.05 bits per heavy atom. The molecule has 106 valence electrons. The highest BCUT2D eigenvalue weighted by atomic mass is 79.9. The maximum Gasteiger partial charge on any atom is 0.336 e. The zero-order chi connectivity index (χ0) is 15.1. The Morgan fingerprint density at radius 3 is 2.67 bits per heavy atom. The Hall–Kier alpha value is -1.14. The highest BCUT2D eigenvalue weighted by Crippen LogP contribution is 2.39. The van der Waals surface area contributed by atoms with E-state index in [1.54, 1.807) is 18.2 Å². The summed E-state index contributed by atoms with van der Waals surface area (Å²) in [4.78, 5) is 16.0. The molecule has 0 aliphatic heterocycles. The van der Waals surface area contributed by atoms with Crippen molar-refractivity contribution in [1.82, 2.24) is 4.98 Å². The molecule has 21 heavy (non-hydrogen) atoms. The first kappa shape index (κ1) is 14.8. The zero-order valence-corrected chi connectivity index (χ0v) is 14.1. The van der Waals surface area contributed by atoms with Crippen molar-refractivity contribution >= 4 is 67.3 Å². The van der Waals surface area contributed by atoms with Gasteiger partial charge >= 0.3 is 5.97 Å². The first-order chi connectivity index (χ1) is 9.97. The second kappa shape index (κ2) is 5.57. The number of rotatable bonds is 2. The lowest BCUT2D eigenvalue weighted by atomic mass is 10.1. The number of hydrogen-bond donors (Lipinski definition) is 1. The number of carboxylic acids is 1. The molecule has 7 heteroatoms. The molecule has 3 rings (SSSR count). The fourth-order valence-electron chi connectivity index (χ4n) is 2.04. The molecule has 0 atom stereocenters. The van der Waals surface area contributed by atoms with E-state index >= 15 is 0 Å². The summed E-state index contributed by atoms with van der Waals surface area (Å²) in [5.74, 6) is -1.01. The van der Waals surface area contributed by atoms with Gasteiger partial charge in [0.1, 0.15) is 4.34 Å². The highest BCUT2D eigenvalue weighted by Gasteiger charge is 2.17. The predicted molar refractivity (Wildman–Crippen MR) is 89.7 cm³/mol. The molecule has 0 unspecified atom stereocenters. The quantitative estimate of drug-likeness (QED) is 0.595. The molecule has 1 aromatic carbocycles. The summed E-state index contributed by atoms with van der Waals surface area (Å²) in [6.07, 6.45) is 0. The van der Waals surface area contributed by atoms with Gasteiger partial charge in [-0.05, 0) is 34.1 Å². The number of aromatic carboxylic acids is 1. The van der Waals surface area contributed by atoms with Gasteiger partial charge in [0.25, 0.3) is 0 Å². The Bertz CT molecular complexity index is 879. The van der Waals surface area contributed by atoms with Crippen molar-refractivity contribution in [1.29, 1.82) is 0 Å². The SMILES string of the molecule is O=C(O)c1cc(-c2cc(Cl)sc2Cl)nc2c(Br)cccc12. The van der Waals surface area contributed by atoms with Gasteiger partial charge in [-0.2, -0.15) is 0 Å². The number of pyridine rings is 1. The van der Waals surface area contributed by atoms with Crippen LogP contribution in [0.3, 0.4) is 0 Å². The maximum absolute atomic E-state index is 11.5. The molecule has 3 nitrogen and oxygen atoms in total. The normalized spacial score (nSPS) is 11.0. The molecule has 0 radical (unpaired) electrons. The van der Waals surface area contributed by atoms with Gasteiger partial charge in [-0.25, -0.2) is 9.78 Å². The highest BCUT2D eigenvalue weighted by molar-refractivity contribution is 9.10. The molecule has 0 aliphatic carbocycles. The summed E-state index contributed by atoms with van der Waals surface area (Å²) >= 11 is 16.7. The molecule has 2 aromatic heterocycles. The molecule has 0 spiro atoms. The number of para-hydroxylation sites is 1. The number of aromatic nitrogens is 1. The summed E-state index contributed by atoms with van der Waals surface area (Å²) in [6, 6.07) is 8.51. The summed E-state index contributed by atoms with van der Waals surface area (Å²) in [5, 5.41) is 9.99. The number of carboxylic acid groups (broad SMARTS) is 1. The third-order valence-electron chi connectivity index (χ3n) is 2.95. The number of nitrogens with zero attached hydrogens (tertiary/aromatic N) is 1. The summed E-state index contributed by atoms with van der Waals surface area (Å²) in [5.41, 5.74) is 1.87. The molecular formula is C14H6BrCl2NO2S. The summed E-state index contributed by atoms with van der Waals surface area (Å²) < 4.78 is 1.73. The molecule has 3 aromatic rings. The fourth-order valence-corrected chi connectivity index (χ4v) is 3.98. The first-order valence-electron chi connectivity index (χ1n) is 5.75. The lowest BCUT2D eigenvalue weighted by Gasteiger charge is -2.07. The maximum atomic E-state index is 11.5. The van der Waals surface area contributed by atoms with Crippen LogP contribution in [-0.2, 0) is 0 Å². The largest absolute Gasteiger partial charge is 0.478 e. The molecule has 0 bridgehead atoms. The smallest absolute Gasteiger partial charge is 0.336 e. The molecule has 0 saturated heterocycles. The van der Waals surface area contributed by atoms with Gasteiger partial charge < -0.3 is 5.11 Å². The zero-order valence-electron chi connectivity index (χ0n) is 10.2. The number of thiophene rings is 1. The lowest BCUT2D eigenvalue weighted by Crippen LogP contribution is -2.00. The van der Waals surface area contributed by atoms with E-state index in [0.29, 0.717) is 30.8 Å². The van der Waals surface area contributed by atoms with Gasteiger partial charge in [0.2, 0.25) is 0 Å². The van der Waals surface area contributed by atoms with Crippen molar-refractivity contribution in [2.75, 3.05) is 0 Å². The predicted octanol–water partition coefficient (Wildman–Crippen LogP) is 5.73. The standard InChI is InChI=1S/C14H6BrCl2NO2S/c15-9-3-1-2-6-7(14(19)20)4-10(18-12(6)9)8-5-11(16)21-13(8)17/h1-5H,(H,19,20). The second-order valence-electron chi connectivity index (χ2n) is 4.23. The van der Waals surface area contributed by atoms with E-state index in [4.69, 9.17) is 23.2 Å². The van der Waals surface area contributed by atoms with Gasteiger partial charge in [-0.15, -0.1) is 11.3 Å². The van der Waals surface area contributed by atoms with Gasteiger partial charge in [-0.1, -0.05) is 35.3 Å². The van der Waals surface area contributed by atoms with Crippen molar-refractivity contribution in [2.24, 2.45) is 0 Å². The Balaban J connectivity index is 2.37. The molecule has 0 aliphatic rings. The third kappa shape index (κ3) is 2.66. The van der Waals surface area contributed by atoms with Crippen LogP contribution in [0.2, 0.25) is 8.67 Å². The van der Waals surface area contributed by atoms with Crippen LogP contribution in [0.1, 0.15) is 10.4 Å². The number of hydrogen-bond acceptors (Lipinski definition) is 3. The lowest BCUT2D eigenvalue weighted by molar-refractivity contribution is 0.0699. The van der Waals surface area contributed by atoms with E-state index in [0.717, 1.165) is 4.47 Å². The monoisotopic (exact) mass is 401 g/mol. The van der Waals surface area contributed by atoms with E-state index < -0.39 is 5.97 Å². The van der Waals surface area contributed by atoms with E-state index in [1.807, 2.05) is 6.07 Å². The molecule has 0 saturated carbocycles. The van der Waals surface area contributed by atoms with Gasteiger partial charge in [0.05, 0.1) is 21.1 Å². The topological polar surface area (TPSA) is 50.2 Å². The minimum atomic E-state index is -1.01. The van der Waals surface area contributed by atoms with Crippen LogP contribution in [0.4, 0.5) is 0 Å². The van der Waals surface area contributed by atoms with Crippen LogP contribution in [0, 0.1) is 0 Å². The van der Waals surface area contributed by atoms with Crippen LogP contribution in [0.5, 0.6) is 0 Å². The van der Waals surface area contributed by atoms with Crippen molar-refractivity contribution in [2.45, 2.75) is 0 Å². The average Bonchev–Trinajstić information content (AvgIpc) is 2.77. The van der Waals surface area contributed by atoms with Crippen molar-refractivity contribution in [3.63, 3.8) is 0 Å². The summed E-state index contributed by atoms with van der Waals surface area (Å²) in [7, 11) is 0. The third-order valence-corrected chi connectivity index (χ3v) is 5.08. The van der Waals surface area contributed by atoms with E-state index in [2.05, 4.69) is 20.9 Å². The fraction of sp³-hybridized carbons (Fsp3) is 0. The van der Waals surface area contributed by atoms with E-state index in [1.165, 1.54) is 17.4 Å². The average molecular weight is 403 g/mol. The van der Waals surface area contributed by atoms with Crippen LogP contribution in [0.25, 0.3) is 22.2 Å². The van der Waals surface area contributed by atoms with Crippen molar-refractivity contribution < 1.29 is 9.90 Å². The molecule has 1 N–H and O–H groups in total. The van der Waals surface area contributed by atoms with Gasteiger partial charge in [-0.3, -0.25) is 0 Å². The number of halogens is 3. The second-order valence-corrected chi connectivity index (χ2v) is 7.37. The first-order valence-corrected chi connectivity index (χ1v) is 8.11. The molecule has 2 heterocycles. The Morgan fingerprint density at radius 1 is 1.29 bits per heavy atom.